The molecule has 4 rings (SSSR count). The fraction of sp³-hybridized carbons (Fsp3) is 0.325. The number of nitrogens with one attached hydrogen (secondary N) is 1. The topological polar surface area (TPSA) is 147 Å². The van der Waals surface area contributed by atoms with Crippen LogP contribution in [0.5, 0.6) is 5.75 Å². The number of oxime groups is 1. The van der Waals surface area contributed by atoms with Gasteiger partial charge in [0.05, 0.1) is 49.1 Å². The number of ether oxygens (including phenoxy) is 2. The van der Waals surface area contributed by atoms with Crippen LogP contribution in [0.4, 0.5) is 25.0 Å². The number of methoxy groups -OCH3 is 1. The number of carbonyl (C=O) groups is 2. The number of hydrogen-bond acceptors (Lipinski definition) is 9. The minimum absolute atomic E-state index is 0.0250. The summed E-state index contributed by atoms with van der Waals surface area (Å²) in [6.45, 7) is 6.28. The summed E-state index contributed by atoms with van der Waals surface area (Å²) in [7, 11) is -1.12. The summed E-state index contributed by atoms with van der Waals surface area (Å²) in [4.78, 5) is 33.9. The van der Waals surface area contributed by atoms with Crippen molar-refractivity contribution in [3.8, 4) is 5.75 Å². The zero-order valence-corrected chi connectivity index (χ0v) is 32.6. The van der Waals surface area contributed by atoms with Gasteiger partial charge in [0.1, 0.15) is 30.1 Å². The molecule has 15 heteroatoms. The monoisotopic (exact) mass is 780 g/mol. The predicted molar refractivity (Wildman–Crippen MR) is 206 cm³/mol. The lowest BCUT2D eigenvalue weighted by molar-refractivity contribution is 0.00836. The normalized spacial score (nSPS) is 13.0. The third kappa shape index (κ3) is 12.2. The summed E-state index contributed by atoms with van der Waals surface area (Å²) in [5.74, 6) is -1.97. The lowest BCUT2D eigenvalue weighted by Gasteiger charge is -2.32. The Bertz CT molecular complexity index is 2090. The summed E-state index contributed by atoms with van der Waals surface area (Å²) < 4.78 is 67.2. The lowest BCUT2D eigenvalue weighted by Crippen LogP contribution is -2.51. The van der Waals surface area contributed by atoms with Gasteiger partial charge < -0.3 is 29.6 Å². The quantitative estimate of drug-likeness (QED) is 0.102. The second-order valence-electron chi connectivity index (χ2n) is 13.8. The molecule has 0 saturated heterocycles. The van der Waals surface area contributed by atoms with Gasteiger partial charge in [0.25, 0.3) is 5.91 Å². The summed E-state index contributed by atoms with van der Waals surface area (Å²) >= 11 is 0. The van der Waals surface area contributed by atoms with Gasteiger partial charge >= 0.3 is 6.09 Å². The van der Waals surface area contributed by atoms with Crippen molar-refractivity contribution in [1.29, 1.82) is 0 Å². The molecular formula is C40H46F2N4O8S. The average Bonchev–Trinajstić information content (AvgIpc) is 3.10. The van der Waals surface area contributed by atoms with Gasteiger partial charge in [0.15, 0.2) is 0 Å². The molecule has 0 radical (unpaired) electrons. The smallest absolute Gasteiger partial charge is 0.410 e. The molecule has 0 bridgehead atoms. The molecule has 0 aliphatic heterocycles. The van der Waals surface area contributed by atoms with Crippen molar-refractivity contribution in [2.24, 2.45) is 5.16 Å². The van der Waals surface area contributed by atoms with E-state index in [0.29, 0.717) is 34.3 Å². The maximum Gasteiger partial charge on any atom is 0.410 e. The van der Waals surface area contributed by atoms with Crippen LogP contribution in [0.2, 0.25) is 0 Å². The van der Waals surface area contributed by atoms with E-state index in [1.165, 1.54) is 37.3 Å². The van der Waals surface area contributed by atoms with Gasteiger partial charge in [-0.15, -0.1) is 0 Å². The fourth-order valence-electron chi connectivity index (χ4n) is 5.75. The number of aliphatic hydroxyl groups is 1. The number of rotatable bonds is 15. The van der Waals surface area contributed by atoms with E-state index in [2.05, 4.69) is 10.5 Å². The van der Waals surface area contributed by atoms with Gasteiger partial charge in [-0.1, -0.05) is 35.5 Å². The molecule has 0 fully saturated rings. The number of hydrogen-bond donors (Lipinski definition) is 2. The molecule has 4 aromatic carbocycles. The molecule has 2 N–H and O–H groups in total. The standard InChI is InChI=1S/C40H46F2N4O8S/c1-26(44-53-6)29-20-30(22-34(21-29)46(55(7,50)51)33-13-9-8-10-14-33)38(48)43-36(19-28-16-31(41)23-32(42)17-28)37(47)25-45(39(49)54-40(2,3)4)24-27-12-11-15-35(18-27)52-5/h8-18,20-23,36-37,47H,19,24-25H2,1-7H3,(H,43,48)/t36-,37+/m0/s1. The number of sulfonamides is 1. The van der Waals surface area contributed by atoms with Crippen LogP contribution >= 0.6 is 0 Å². The van der Waals surface area contributed by atoms with Crippen molar-refractivity contribution < 1.29 is 46.2 Å². The highest BCUT2D eigenvalue weighted by Gasteiger charge is 2.30. The molecule has 0 aliphatic carbocycles. The Morgan fingerprint density at radius 1 is 0.873 bits per heavy atom. The molecule has 55 heavy (non-hydrogen) atoms. The summed E-state index contributed by atoms with van der Waals surface area (Å²) in [5, 5.41) is 18.5. The van der Waals surface area contributed by atoms with E-state index >= 15 is 0 Å². The molecular weight excluding hydrogens is 735 g/mol. The largest absolute Gasteiger partial charge is 0.497 e. The van der Waals surface area contributed by atoms with Crippen molar-refractivity contribution in [1.82, 2.24) is 10.2 Å². The summed E-state index contributed by atoms with van der Waals surface area (Å²) in [5.41, 5.74) is 0.888. The molecule has 2 amide bonds. The van der Waals surface area contributed by atoms with Crippen molar-refractivity contribution in [3.05, 3.63) is 125 Å². The van der Waals surface area contributed by atoms with Gasteiger partial charge in [0, 0.05) is 23.7 Å². The lowest BCUT2D eigenvalue weighted by atomic mass is 9.99. The molecule has 4 aromatic rings. The molecule has 12 nitrogen and oxygen atoms in total. The number of benzene rings is 4. The average molecular weight is 781 g/mol. The van der Waals surface area contributed by atoms with E-state index < -0.39 is 51.4 Å². The van der Waals surface area contributed by atoms with Crippen molar-refractivity contribution in [2.75, 3.05) is 31.3 Å². The van der Waals surface area contributed by atoms with E-state index in [0.717, 1.165) is 22.7 Å². The molecule has 0 aliphatic rings. The Morgan fingerprint density at radius 2 is 1.53 bits per heavy atom. The third-order valence-corrected chi connectivity index (χ3v) is 9.19. The number of anilines is 2. The first kappa shape index (κ1) is 42.2. The van der Waals surface area contributed by atoms with Crippen LogP contribution in [0.3, 0.4) is 0 Å². The number of nitrogens with zero attached hydrogens (tertiary/aromatic N) is 3. The molecule has 294 valence electrons. The molecule has 0 saturated carbocycles. The van der Waals surface area contributed by atoms with Crippen molar-refractivity contribution in [3.63, 3.8) is 0 Å². The Labute approximate surface area is 320 Å². The zero-order valence-electron chi connectivity index (χ0n) is 31.7. The van der Waals surface area contributed by atoms with Crippen LogP contribution in [-0.4, -0.2) is 80.9 Å². The van der Waals surface area contributed by atoms with E-state index in [1.54, 1.807) is 82.3 Å². The van der Waals surface area contributed by atoms with E-state index in [4.69, 9.17) is 14.3 Å². The second kappa shape index (κ2) is 18.2. The van der Waals surface area contributed by atoms with Crippen LogP contribution in [0, 0.1) is 11.6 Å². The van der Waals surface area contributed by atoms with Crippen molar-refractivity contribution in [2.45, 2.75) is 58.4 Å². The van der Waals surface area contributed by atoms with Crippen molar-refractivity contribution >= 4 is 39.1 Å². The Balaban J connectivity index is 1.78. The predicted octanol–water partition coefficient (Wildman–Crippen LogP) is 6.58. The SMILES string of the molecule is CON=C(C)c1cc(C(=O)N[C@@H](Cc2cc(F)cc(F)c2)[C@H](O)CN(Cc2cccc(OC)c2)C(=O)OC(C)(C)C)cc(N(c2ccccc2)S(C)(=O)=O)c1. The van der Waals surface area contributed by atoms with Crippen LogP contribution in [0.15, 0.2) is 96.2 Å². The zero-order chi connectivity index (χ0) is 40.5. The van der Waals surface area contributed by atoms with E-state index in [-0.39, 0.29) is 36.3 Å². The maximum atomic E-state index is 14.4. The molecule has 0 aromatic heterocycles. The minimum atomic E-state index is -3.96. The number of para-hydroxylation sites is 1. The number of aliphatic hydroxyl groups excluding tert-OH is 1. The second-order valence-corrected chi connectivity index (χ2v) is 15.7. The van der Waals surface area contributed by atoms with Crippen LogP contribution in [0.1, 0.15) is 54.7 Å². The summed E-state index contributed by atoms with van der Waals surface area (Å²) in [6.07, 6.45) is -1.53. The van der Waals surface area contributed by atoms with Crippen LogP contribution in [-0.2, 0) is 32.6 Å². The molecule has 0 heterocycles. The highest BCUT2D eigenvalue weighted by Crippen LogP contribution is 2.31. The number of halogens is 2. The third-order valence-electron chi connectivity index (χ3n) is 8.11. The highest BCUT2D eigenvalue weighted by molar-refractivity contribution is 7.92. The van der Waals surface area contributed by atoms with Crippen LogP contribution in [0.25, 0.3) is 0 Å². The number of carbonyl (C=O) groups excluding carboxylic acids is 2. The number of amides is 2. The maximum absolute atomic E-state index is 14.4. The Morgan fingerprint density at radius 3 is 2.13 bits per heavy atom. The van der Waals surface area contributed by atoms with Gasteiger partial charge in [-0.2, -0.15) is 0 Å². The first-order chi connectivity index (χ1) is 25.9. The van der Waals surface area contributed by atoms with E-state index in [9.17, 15) is 31.9 Å². The fourth-order valence-corrected chi connectivity index (χ4v) is 6.74. The van der Waals surface area contributed by atoms with Gasteiger partial charge in [0.2, 0.25) is 10.0 Å². The van der Waals surface area contributed by atoms with E-state index in [1.807, 2.05) is 0 Å². The van der Waals surface area contributed by atoms with Gasteiger partial charge in [-0.3, -0.25) is 4.79 Å². The Kier molecular flexibility index (Phi) is 14.0. The Hall–Kier alpha value is -5.54. The first-order valence-corrected chi connectivity index (χ1v) is 19.0. The highest BCUT2D eigenvalue weighted by atomic mass is 32.2. The van der Waals surface area contributed by atoms with Gasteiger partial charge in [-0.25, -0.2) is 26.3 Å². The molecule has 0 spiro atoms. The van der Waals surface area contributed by atoms with Gasteiger partial charge in [-0.05, 0) is 99.8 Å². The summed E-state index contributed by atoms with van der Waals surface area (Å²) in [6, 6.07) is 21.1. The van der Waals surface area contributed by atoms with Crippen LogP contribution < -0.4 is 14.4 Å². The minimum Gasteiger partial charge on any atom is -0.497 e. The molecule has 0 unspecified atom stereocenters. The molecule has 2 atom stereocenters. The first-order valence-electron chi connectivity index (χ1n) is 17.2.